The van der Waals surface area contributed by atoms with Gasteiger partial charge in [0.15, 0.2) is 0 Å². The fraction of sp³-hybridized carbons (Fsp3) is 0.0769. The van der Waals surface area contributed by atoms with Gasteiger partial charge in [-0.05, 0) is 29.8 Å². The first-order valence-corrected chi connectivity index (χ1v) is 5.40. The van der Waals surface area contributed by atoms with Gasteiger partial charge in [-0.3, -0.25) is 4.79 Å². The lowest BCUT2D eigenvalue weighted by molar-refractivity contribution is 0.0696. The largest absolute Gasteiger partial charge is 0.478 e. The summed E-state index contributed by atoms with van der Waals surface area (Å²) in [5, 5.41) is 11.5. The molecule has 92 valence electrons. The molecule has 0 spiro atoms. The minimum Gasteiger partial charge on any atom is -0.478 e. The van der Waals surface area contributed by atoms with Gasteiger partial charge in [0.1, 0.15) is 5.69 Å². The number of amides is 1. The van der Waals surface area contributed by atoms with Gasteiger partial charge in [0, 0.05) is 12.7 Å². The Morgan fingerprint density at radius 3 is 2.72 bits per heavy atom. The van der Waals surface area contributed by atoms with E-state index in [2.05, 4.69) is 10.3 Å². The maximum Gasteiger partial charge on any atom is 0.335 e. The smallest absolute Gasteiger partial charge is 0.335 e. The van der Waals surface area contributed by atoms with Crippen LogP contribution < -0.4 is 5.32 Å². The number of aromatic nitrogens is 1. The first kappa shape index (κ1) is 11.9. The summed E-state index contributed by atoms with van der Waals surface area (Å²) >= 11 is 0. The number of H-pyrrole nitrogens is 1. The van der Waals surface area contributed by atoms with Crippen LogP contribution in [0.1, 0.15) is 26.4 Å². The normalized spacial score (nSPS) is 10.0. The van der Waals surface area contributed by atoms with Gasteiger partial charge in [-0.25, -0.2) is 4.79 Å². The van der Waals surface area contributed by atoms with Crippen molar-refractivity contribution < 1.29 is 14.7 Å². The zero-order chi connectivity index (χ0) is 13.0. The van der Waals surface area contributed by atoms with Gasteiger partial charge in [-0.2, -0.15) is 0 Å². The lowest BCUT2D eigenvalue weighted by atomic mass is 10.1. The van der Waals surface area contributed by atoms with Crippen LogP contribution in [0.4, 0.5) is 0 Å². The highest BCUT2D eigenvalue weighted by molar-refractivity contribution is 5.92. The Hall–Kier alpha value is -2.56. The number of nitrogens with one attached hydrogen (secondary N) is 2. The number of carbonyl (C=O) groups excluding carboxylic acids is 1. The van der Waals surface area contributed by atoms with E-state index in [1.165, 1.54) is 12.1 Å². The molecule has 2 rings (SSSR count). The molecule has 0 bridgehead atoms. The molecule has 0 aliphatic carbocycles. The van der Waals surface area contributed by atoms with E-state index in [4.69, 9.17) is 5.11 Å². The van der Waals surface area contributed by atoms with Crippen molar-refractivity contribution in [1.82, 2.24) is 10.3 Å². The molecule has 0 radical (unpaired) electrons. The first-order valence-electron chi connectivity index (χ1n) is 5.40. The molecule has 5 nitrogen and oxygen atoms in total. The second-order valence-corrected chi connectivity index (χ2v) is 3.77. The molecule has 0 saturated heterocycles. The molecule has 3 N–H and O–H groups in total. The Bertz CT molecular complexity index is 561. The van der Waals surface area contributed by atoms with E-state index >= 15 is 0 Å². The standard InChI is InChI=1S/C13H12N2O3/c16-12(11-5-2-6-14-11)15-8-9-3-1-4-10(7-9)13(17)18/h1-7,14H,8H2,(H,15,16)(H,17,18). The van der Waals surface area contributed by atoms with E-state index in [1.807, 2.05) is 0 Å². The molecule has 1 aromatic carbocycles. The molecule has 0 atom stereocenters. The van der Waals surface area contributed by atoms with Gasteiger partial charge in [0.05, 0.1) is 5.56 Å². The van der Waals surface area contributed by atoms with Gasteiger partial charge in [0.2, 0.25) is 0 Å². The second kappa shape index (κ2) is 5.18. The number of hydrogen-bond acceptors (Lipinski definition) is 2. The minimum atomic E-state index is -0.979. The summed E-state index contributed by atoms with van der Waals surface area (Å²) in [6.45, 7) is 0.291. The highest BCUT2D eigenvalue weighted by Gasteiger charge is 2.06. The highest BCUT2D eigenvalue weighted by Crippen LogP contribution is 2.05. The summed E-state index contributed by atoms with van der Waals surface area (Å²) in [6.07, 6.45) is 1.67. The fourth-order valence-electron chi connectivity index (χ4n) is 1.56. The number of aromatic amines is 1. The van der Waals surface area contributed by atoms with Crippen molar-refractivity contribution in [1.29, 1.82) is 0 Å². The zero-order valence-corrected chi connectivity index (χ0v) is 9.51. The summed E-state index contributed by atoms with van der Waals surface area (Å²) in [7, 11) is 0. The van der Waals surface area contributed by atoms with Gasteiger partial charge < -0.3 is 15.4 Å². The molecule has 0 aliphatic heterocycles. The van der Waals surface area contributed by atoms with Gasteiger partial charge in [0.25, 0.3) is 5.91 Å². The Kier molecular flexibility index (Phi) is 3.43. The Morgan fingerprint density at radius 2 is 2.06 bits per heavy atom. The summed E-state index contributed by atoms with van der Waals surface area (Å²) in [5.74, 6) is -1.20. The van der Waals surface area contributed by atoms with Crippen LogP contribution in [0.15, 0.2) is 42.6 Å². The number of hydrogen-bond donors (Lipinski definition) is 3. The van der Waals surface area contributed by atoms with E-state index in [0.29, 0.717) is 12.2 Å². The Balaban J connectivity index is 2.00. The molecule has 1 aromatic heterocycles. The molecular formula is C13H12N2O3. The first-order chi connectivity index (χ1) is 8.66. The lowest BCUT2D eigenvalue weighted by Gasteiger charge is -2.04. The van der Waals surface area contributed by atoms with Crippen molar-refractivity contribution in [2.75, 3.05) is 0 Å². The van der Waals surface area contributed by atoms with Crippen molar-refractivity contribution in [2.24, 2.45) is 0 Å². The molecule has 0 fully saturated rings. The van der Waals surface area contributed by atoms with Crippen molar-refractivity contribution in [3.63, 3.8) is 0 Å². The topological polar surface area (TPSA) is 82.2 Å². The summed E-state index contributed by atoms with van der Waals surface area (Å²) in [5.41, 5.74) is 1.43. The summed E-state index contributed by atoms with van der Waals surface area (Å²) in [6, 6.07) is 9.87. The van der Waals surface area contributed by atoms with Crippen molar-refractivity contribution in [3.05, 3.63) is 59.4 Å². The molecule has 0 unspecified atom stereocenters. The van der Waals surface area contributed by atoms with Gasteiger partial charge in [-0.15, -0.1) is 0 Å². The maximum atomic E-state index is 11.6. The third-order valence-corrected chi connectivity index (χ3v) is 2.47. The maximum absolute atomic E-state index is 11.6. The Morgan fingerprint density at radius 1 is 1.22 bits per heavy atom. The third-order valence-electron chi connectivity index (χ3n) is 2.47. The molecule has 2 aromatic rings. The van der Waals surface area contributed by atoms with E-state index in [0.717, 1.165) is 5.56 Å². The average molecular weight is 244 g/mol. The summed E-state index contributed by atoms with van der Waals surface area (Å²) < 4.78 is 0. The Labute approximate surface area is 103 Å². The second-order valence-electron chi connectivity index (χ2n) is 3.77. The van der Waals surface area contributed by atoms with Gasteiger partial charge in [-0.1, -0.05) is 12.1 Å². The number of carboxylic acid groups (broad SMARTS) is 1. The van der Waals surface area contributed by atoms with E-state index in [9.17, 15) is 9.59 Å². The molecule has 0 saturated carbocycles. The monoisotopic (exact) mass is 244 g/mol. The zero-order valence-electron chi connectivity index (χ0n) is 9.51. The number of aromatic carboxylic acids is 1. The number of carbonyl (C=O) groups is 2. The van der Waals surface area contributed by atoms with Crippen LogP contribution in [-0.4, -0.2) is 22.0 Å². The van der Waals surface area contributed by atoms with Crippen LogP contribution in [0.3, 0.4) is 0 Å². The predicted octanol–water partition coefficient (Wildman–Crippen LogP) is 1.64. The SMILES string of the molecule is O=C(O)c1cccc(CNC(=O)c2ccc[nH]2)c1. The molecule has 1 heterocycles. The van der Waals surface area contributed by atoms with Crippen LogP contribution >= 0.6 is 0 Å². The molecule has 1 amide bonds. The van der Waals surface area contributed by atoms with Crippen molar-refractivity contribution in [2.45, 2.75) is 6.54 Å². The van der Waals surface area contributed by atoms with E-state index < -0.39 is 5.97 Å². The lowest BCUT2D eigenvalue weighted by Crippen LogP contribution is -2.23. The molecule has 0 aliphatic rings. The molecule has 18 heavy (non-hydrogen) atoms. The average Bonchev–Trinajstić information content (AvgIpc) is 2.90. The fourth-order valence-corrected chi connectivity index (χ4v) is 1.56. The third kappa shape index (κ3) is 2.76. The van der Waals surface area contributed by atoms with Crippen LogP contribution in [0.25, 0.3) is 0 Å². The predicted molar refractivity (Wildman–Crippen MR) is 65.4 cm³/mol. The van der Waals surface area contributed by atoms with Crippen LogP contribution in [0, 0.1) is 0 Å². The number of carboxylic acids is 1. The van der Waals surface area contributed by atoms with Gasteiger partial charge >= 0.3 is 5.97 Å². The number of rotatable bonds is 4. The molecule has 5 heteroatoms. The summed E-state index contributed by atoms with van der Waals surface area (Å²) in [4.78, 5) is 25.2. The van der Waals surface area contributed by atoms with Crippen LogP contribution in [0.2, 0.25) is 0 Å². The van der Waals surface area contributed by atoms with Crippen LogP contribution in [0.5, 0.6) is 0 Å². The minimum absolute atomic E-state index is 0.210. The quantitative estimate of drug-likeness (QED) is 0.764. The van der Waals surface area contributed by atoms with E-state index in [-0.39, 0.29) is 11.5 Å². The van der Waals surface area contributed by atoms with Crippen molar-refractivity contribution >= 4 is 11.9 Å². The van der Waals surface area contributed by atoms with Crippen molar-refractivity contribution in [3.8, 4) is 0 Å². The number of benzene rings is 1. The molecular weight excluding hydrogens is 232 g/mol. The van der Waals surface area contributed by atoms with Crippen LogP contribution in [-0.2, 0) is 6.54 Å². The highest BCUT2D eigenvalue weighted by atomic mass is 16.4. The van der Waals surface area contributed by atoms with E-state index in [1.54, 1.807) is 30.5 Å².